The molecule has 0 bridgehead atoms. The zero-order valence-electron chi connectivity index (χ0n) is 6.08. The van der Waals surface area contributed by atoms with E-state index in [9.17, 15) is 13.2 Å². The maximum atomic E-state index is 10.6. The van der Waals surface area contributed by atoms with E-state index in [1.807, 2.05) is 5.38 Å². The van der Waals surface area contributed by atoms with Crippen molar-refractivity contribution in [1.82, 2.24) is 4.98 Å². The minimum atomic E-state index is -5.08. The summed E-state index contributed by atoms with van der Waals surface area (Å²) >= 11 is 1.44. The maximum absolute atomic E-state index is 10.6. The molecule has 0 spiro atoms. The standard InChI is InChI=1S/C3H4N2S.C2HF3O2/c4-3-5-1-2-6-3;3-2(4,5)1(6)7/h1-2H,(H2,4,5);(H,6,7). The Hall–Kier alpha value is -1.31. The van der Waals surface area contributed by atoms with Crippen molar-refractivity contribution in [3.63, 3.8) is 0 Å². The van der Waals surface area contributed by atoms with Crippen LogP contribution in [-0.4, -0.2) is 22.2 Å². The lowest BCUT2D eigenvalue weighted by molar-refractivity contribution is -0.192. The topological polar surface area (TPSA) is 76.2 Å². The lowest BCUT2D eigenvalue weighted by Gasteiger charge is -1.93. The first-order valence-electron chi connectivity index (χ1n) is 2.79. The first-order valence-corrected chi connectivity index (χ1v) is 3.67. The molecule has 1 aromatic heterocycles. The molecule has 0 saturated heterocycles. The van der Waals surface area contributed by atoms with Crippen molar-refractivity contribution < 1.29 is 23.1 Å². The zero-order valence-corrected chi connectivity index (χ0v) is 6.89. The second-order valence-corrected chi connectivity index (χ2v) is 2.60. The molecule has 0 aliphatic heterocycles. The molecule has 1 heterocycles. The molecule has 0 radical (unpaired) electrons. The quantitative estimate of drug-likeness (QED) is 0.683. The van der Waals surface area contributed by atoms with E-state index in [1.54, 1.807) is 6.20 Å². The molecular weight excluding hydrogens is 209 g/mol. The molecule has 0 aliphatic rings. The van der Waals surface area contributed by atoms with Crippen LogP contribution in [0.15, 0.2) is 11.6 Å². The number of anilines is 1. The van der Waals surface area contributed by atoms with Crippen molar-refractivity contribution in [1.29, 1.82) is 0 Å². The third-order valence-corrected chi connectivity index (χ3v) is 1.30. The van der Waals surface area contributed by atoms with Crippen LogP contribution in [0.5, 0.6) is 0 Å². The van der Waals surface area contributed by atoms with Crippen LogP contribution >= 0.6 is 11.3 Å². The molecule has 3 N–H and O–H groups in total. The summed E-state index contributed by atoms with van der Waals surface area (Å²) in [6, 6.07) is 0. The Morgan fingerprint density at radius 3 is 2.15 bits per heavy atom. The third-order valence-electron chi connectivity index (χ3n) is 0.694. The number of carbonyl (C=O) groups is 1. The Balaban J connectivity index is 0.000000223. The number of halogens is 3. The molecule has 0 saturated carbocycles. The van der Waals surface area contributed by atoms with Gasteiger partial charge < -0.3 is 10.8 Å². The number of carboxylic acids is 1. The second kappa shape index (κ2) is 4.65. The number of nitrogens with zero attached hydrogens (tertiary/aromatic N) is 1. The van der Waals surface area contributed by atoms with E-state index in [0.717, 1.165) is 0 Å². The van der Waals surface area contributed by atoms with Crippen LogP contribution in [-0.2, 0) is 4.79 Å². The highest BCUT2D eigenvalue weighted by Gasteiger charge is 2.38. The fourth-order valence-electron chi connectivity index (χ4n) is 0.234. The number of aliphatic carboxylic acids is 1. The number of nitrogen functional groups attached to an aromatic ring is 1. The zero-order chi connectivity index (χ0) is 10.5. The fraction of sp³-hybridized carbons (Fsp3) is 0.200. The summed E-state index contributed by atoms with van der Waals surface area (Å²) in [5.41, 5.74) is 5.19. The average Bonchev–Trinajstić information content (AvgIpc) is 2.38. The van der Waals surface area contributed by atoms with Gasteiger partial charge in [0.05, 0.1) is 0 Å². The van der Waals surface area contributed by atoms with Crippen LogP contribution in [0, 0.1) is 0 Å². The van der Waals surface area contributed by atoms with Crippen LogP contribution in [0.25, 0.3) is 0 Å². The fourth-order valence-corrected chi connectivity index (χ4v) is 0.617. The van der Waals surface area contributed by atoms with Crippen molar-refractivity contribution in [2.45, 2.75) is 6.18 Å². The summed E-state index contributed by atoms with van der Waals surface area (Å²) in [5.74, 6) is -2.76. The minimum absolute atomic E-state index is 0.634. The Morgan fingerprint density at radius 1 is 1.62 bits per heavy atom. The molecule has 13 heavy (non-hydrogen) atoms. The summed E-state index contributed by atoms with van der Waals surface area (Å²) in [4.78, 5) is 12.6. The van der Waals surface area contributed by atoms with Gasteiger partial charge in [0.1, 0.15) is 0 Å². The monoisotopic (exact) mass is 214 g/mol. The summed E-state index contributed by atoms with van der Waals surface area (Å²) in [6.07, 6.45) is -3.40. The van der Waals surface area contributed by atoms with E-state index >= 15 is 0 Å². The van der Waals surface area contributed by atoms with Gasteiger partial charge >= 0.3 is 12.1 Å². The van der Waals surface area contributed by atoms with Gasteiger partial charge in [0, 0.05) is 11.6 Å². The minimum Gasteiger partial charge on any atom is -0.475 e. The van der Waals surface area contributed by atoms with E-state index in [-0.39, 0.29) is 0 Å². The summed E-state index contributed by atoms with van der Waals surface area (Å²) in [6.45, 7) is 0. The predicted octanol–water partition coefficient (Wildman–Crippen LogP) is 1.36. The van der Waals surface area contributed by atoms with E-state index < -0.39 is 12.1 Å². The Labute approximate surface area is 74.8 Å². The lowest BCUT2D eigenvalue weighted by atomic mass is 10.7. The number of thiazole rings is 1. The Kier molecular flexibility index (Phi) is 4.18. The van der Waals surface area contributed by atoms with Crippen LogP contribution < -0.4 is 5.73 Å². The van der Waals surface area contributed by atoms with Gasteiger partial charge in [-0.05, 0) is 0 Å². The first-order chi connectivity index (χ1) is 5.84. The van der Waals surface area contributed by atoms with Crippen molar-refractivity contribution in [3.8, 4) is 0 Å². The highest BCUT2D eigenvalue weighted by molar-refractivity contribution is 7.13. The highest BCUT2D eigenvalue weighted by atomic mass is 32.1. The van der Waals surface area contributed by atoms with Gasteiger partial charge in [0.15, 0.2) is 5.13 Å². The van der Waals surface area contributed by atoms with Gasteiger partial charge in [-0.1, -0.05) is 0 Å². The van der Waals surface area contributed by atoms with E-state index in [1.165, 1.54) is 11.3 Å². The van der Waals surface area contributed by atoms with E-state index in [0.29, 0.717) is 5.13 Å². The van der Waals surface area contributed by atoms with Crippen molar-refractivity contribution in [3.05, 3.63) is 11.6 Å². The molecular formula is C5H5F3N2O2S. The van der Waals surface area contributed by atoms with Crippen molar-refractivity contribution in [2.75, 3.05) is 5.73 Å². The van der Waals surface area contributed by atoms with Gasteiger partial charge in [0.25, 0.3) is 0 Å². The second-order valence-electron chi connectivity index (χ2n) is 1.67. The SMILES string of the molecule is Nc1nccs1.O=C(O)C(F)(F)F. The molecule has 0 fully saturated rings. The third kappa shape index (κ3) is 5.91. The van der Waals surface area contributed by atoms with Gasteiger partial charge in [0.2, 0.25) is 0 Å². The Morgan fingerprint density at radius 2 is 2.08 bits per heavy atom. The van der Waals surface area contributed by atoms with Crippen LogP contribution in [0.4, 0.5) is 18.3 Å². The van der Waals surface area contributed by atoms with Crippen molar-refractivity contribution >= 4 is 22.4 Å². The molecule has 4 nitrogen and oxygen atoms in total. The highest BCUT2D eigenvalue weighted by Crippen LogP contribution is 2.13. The molecule has 8 heteroatoms. The molecule has 74 valence electrons. The summed E-state index contributed by atoms with van der Waals surface area (Å²) in [5, 5.41) is 9.60. The molecule has 0 amide bonds. The maximum Gasteiger partial charge on any atom is 0.490 e. The summed E-state index contributed by atoms with van der Waals surface area (Å²) in [7, 11) is 0. The van der Waals surface area contributed by atoms with Gasteiger partial charge in [-0.25, -0.2) is 9.78 Å². The molecule has 0 aromatic carbocycles. The van der Waals surface area contributed by atoms with Crippen LogP contribution in [0.3, 0.4) is 0 Å². The molecule has 1 rings (SSSR count). The summed E-state index contributed by atoms with van der Waals surface area (Å²) < 4.78 is 31.7. The van der Waals surface area contributed by atoms with Gasteiger partial charge in [-0.3, -0.25) is 0 Å². The number of aromatic nitrogens is 1. The van der Waals surface area contributed by atoms with Gasteiger partial charge in [-0.2, -0.15) is 13.2 Å². The number of nitrogens with two attached hydrogens (primary N) is 1. The predicted molar refractivity (Wildman–Crippen MR) is 40.2 cm³/mol. The molecule has 1 aromatic rings. The largest absolute Gasteiger partial charge is 0.490 e. The smallest absolute Gasteiger partial charge is 0.475 e. The molecule has 0 atom stereocenters. The molecule has 0 aliphatic carbocycles. The number of rotatable bonds is 0. The van der Waals surface area contributed by atoms with Crippen LogP contribution in [0.2, 0.25) is 0 Å². The molecule has 0 unspecified atom stereocenters. The van der Waals surface area contributed by atoms with E-state index in [2.05, 4.69) is 4.98 Å². The lowest BCUT2D eigenvalue weighted by Crippen LogP contribution is -2.21. The normalized spacial score (nSPS) is 10.1. The first kappa shape index (κ1) is 11.7. The Bertz CT molecular complexity index is 259. The average molecular weight is 214 g/mol. The number of carboxylic acid groups (broad SMARTS) is 1. The van der Waals surface area contributed by atoms with Gasteiger partial charge in [-0.15, -0.1) is 11.3 Å². The number of hydrogen-bond acceptors (Lipinski definition) is 4. The van der Waals surface area contributed by atoms with Crippen molar-refractivity contribution in [2.24, 2.45) is 0 Å². The number of alkyl halides is 3. The van der Waals surface area contributed by atoms with E-state index in [4.69, 9.17) is 15.6 Å². The number of hydrogen-bond donors (Lipinski definition) is 2. The van der Waals surface area contributed by atoms with Crippen LogP contribution in [0.1, 0.15) is 0 Å².